The van der Waals surface area contributed by atoms with Gasteiger partial charge in [-0.05, 0) is 42.1 Å². The van der Waals surface area contributed by atoms with Gasteiger partial charge in [-0.25, -0.2) is 9.97 Å². The first-order valence-electron chi connectivity index (χ1n) is 6.62. The van der Waals surface area contributed by atoms with Crippen molar-refractivity contribution in [2.75, 3.05) is 11.9 Å². The number of halogens is 1. The predicted molar refractivity (Wildman–Crippen MR) is 75.8 cm³/mol. The molecule has 1 N–H and O–H groups in total. The summed E-state index contributed by atoms with van der Waals surface area (Å²) in [5.41, 5.74) is 0. The Bertz CT molecular complexity index is 394. The number of nitrogens with zero attached hydrogens (tertiary/aromatic N) is 2. The Morgan fingerprint density at radius 2 is 2.17 bits per heavy atom. The zero-order valence-corrected chi connectivity index (χ0v) is 12.5. The van der Waals surface area contributed by atoms with Crippen molar-refractivity contribution in [2.45, 2.75) is 51.7 Å². The van der Waals surface area contributed by atoms with Crippen LogP contribution in [0.15, 0.2) is 10.7 Å². The van der Waals surface area contributed by atoms with Gasteiger partial charge in [0.25, 0.3) is 0 Å². The van der Waals surface area contributed by atoms with Gasteiger partial charge in [0, 0.05) is 25.1 Å². The minimum atomic E-state index is 0.424. The summed E-state index contributed by atoms with van der Waals surface area (Å²) in [5, 5.41) is 3.45. The van der Waals surface area contributed by atoms with Crippen molar-refractivity contribution in [3.8, 4) is 0 Å². The van der Waals surface area contributed by atoms with Crippen LogP contribution in [0.25, 0.3) is 0 Å². The molecule has 0 radical (unpaired) electrons. The van der Waals surface area contributed by atoms with Crippen molar-refractivity contribution in [3.63, 3.8) is 0 Å². The molecule has 0 amide bonds. The molecular weight excluding hydrogens is 294 g/mol. The highest BCUT2D eigenvalue weighted by Crippen LogP contribution is 2.26. The van der Waals surface area contributed by atoms with Crippen molar-refractivity contribution < 1.29 is 4.74 Å². The lowest BCUT2D eigenvalue weighted by atomic mass is 9.89. The molecule has 1 heterocycles. The first-order valence-corrected chi connectivity index (χ1v) is 7.42. The Hall–Kier alpha value is -0.680. The third-order valence-electron chi connectivity index (χ3n) is 3.06. The number of hydrogen-bond donors (Lipinski definition) is 1. The lowest BCUT2D eigenvalue weighted by Crippen LogP contribution is -2.41. The Morgan fingerprint density at radius 1 is 1.39 bits per heavy atom. The van der Waals surface area contributed by atoms with Crippen LogP contribution in [-0.4, -0.2) is 28.7 Å². The van der Waals surface area contributed by atoms with Gasteiger partial charge in [0.2, 0.25) is 0 Å². The Kier molecular flexibility index (Phi) is 4.95. The molecule has 4 nitrogen and oxygen atoms in total. The van der Waals surface area contributed by atoms with Crippen LogP contribution >= 0.6 is 15.9 Å². The van der Waals surface area contributed by atoms with Crippen molar-refractivity contribution in [1.82, 2.24) is 9.97 Å². The van der Waals surface area contributed by atoms with Crippen LogP contribution in [0.3, 0.4) is 0 Å². The van der Waals surface area contributed by atoms with Gasteiger partial charge in [0.05, 0.1) is 6.10 Å². The molecule has 1 aliphatic rings. The zero-order valence-electron chi connectivity index (χ0n) is 10.9. The summed E-state index contributed by atoms with van der Waals surface area (Å²) in [5.74, 6) is 1.82. The van der Waals surface area contributed by atoms with Crippen LogP contribution in [0.2, 0.25) is 0 Å². The maximum Gasteiger partial charge on any atom is 0.132 e. The summed E-state index contributed by atoms with van der Waals surface area (Å²) >= 11 is 3.43. The normalized spacial score (nSPS) is 22.6. The second kappa shape index (κ2) is 6.48. The van der Waals surface area contributed by atoms with E-state index in [4.69, 9.17) is 4.74 Å². The van der Waals surface area contributed by atoms with E-state index in [1.54, 1.807) is 0 Å². The van der Waals surface area contributed by atoms with Crippen LogP contribution in [0.1, 0.15) is 38.9 Å². The molecule has 0 spiro atoms. The molecule has 0 aliphatic heterocycles. The molecule has 0 bridgehead atoms. The fourth-order valence-electron chi connectivity index (χ4n) is 2.14. The average molecular weight is 314 g/mol. The number of aryl methyl sites for hydroxylation is 1. The van der Waals surface area contributed by atoms with E-state index in [2.05, 4.69) is 38.1 Å². The topological polar surface area (TPSA) is 47.0 Å². The zero-order chi connectivity index (χ0) is 13.0. The maximum absolute atomic E-state index is 5.55. The molecule has 1 fully saturated rings. The highest BCUT2D eigenvalue weighted by atomic mass is 79.9. The number of hydrogen-bond acceptors (Lipinski definition) is 4. The fourth-order valence-corrected chi connectivity index (χ4v) is 2.56. The van der Waals surface area contributed by atoms with Gasteiger partial charge >= 0.3 is 0 Å². The van der Waals surface area contributed by atoms with Crippen LogP contribution < -0.4 is 5.32 Å². The molecule has 0 saturated heterocycles. The SMILES string of the molecule is CCCc1nc(Br)cc(NC2CC(OCC)C2)n1. The minimum absolute atomic E-state index is 0.424. The standard InChI is InChI=1S/C13H20BrN3O/c1-3-5-12-16-11(14)8-13(17-12)15-9-6-10(7-9)18-4-2/h8-10H,3-7H2,1-2H3,(H,15,16,17). The molecule has 1 aromatic rings. The van der Waals surface area contributed by atoms with E-state index in [1.807, 2.05) is 13.0 Å². The van der Waals surface area contributed by atoms with E-state index >= 15 is 0 Å². The summed E-state index contributed by atoms with van der Waals surface area (Å²) in [6, 6.07) is 2.42. The van der Waals surface area contributed by atoms with Gasteiger partial charge in [0.1, 0.15) is 16.2 Å². The molecule has 100 valence electrons. The number of nitrogens with one attached hydrogen (secondary N) is 1. The van der Waals surface area contributed by atoms with E-state index in [-0.39, 0.29) is 0 Å². The smallest absolute Gasteiger partial charge is 0.132 e. The number of ether oxygens (including phenoxy) is 1. The lowest BCUT2D eigenvalue weighted by Gasteiger charge is -2.35. The van der Waals surface area contributed by atoms with Gasteiger partial charge in [-0.1, -0.05) is 6.92 Å². The monoisotopic (exact) mass is 313 g/mol. The Balaban J connectivity index is 1.90. The van der Waals surface area contributed by atoms with Crippen molar-refractivity contribution in [3.05, 3.63) is 16.5 Å². The second-order valence-electron chi connectivity index (χ2n) is 4.63. The van der Waals surface area contributed by atoms with Crippen LogP contribution in [0.4, 0.5) is 5.82 Å². The highest BCUT2D eigenvalue weighted by Gasteiger charge is 2.29. The quantitative estimate of drug-likeness (QED) is 0.819. The van der Waals surface area contributed by atoms with E-state index in [9.17, 15) is 0 Å². The van der Waals surface area contributed by atoms with Crippen LogP contribution in [-0.2, 0) is 11.2 Å². The summed E-state index contributed by atoms with van der Waals surface area (Å²) in [6.07, 6.45) is 4.54. The Morgan fingerprint density at radius 3 is 2.83 bits per heavy atom. The van der Waals surface area contributed by atoms with Crippen LogP contribution in [0.5, 0.6) is 0 Å². The van der Waals surface area contributed by atoms with Crippen molar-refractivity contribution in [2.24, 2.45) is 0 Å². The average Bonchev–Trinajstić information content (AvgIpc) is 2.26. The second-order valence-corrected chi connectivity index (χ2v) is 5.44. The van der Waals surface area contributed by atoms with E-state index in [1.165, 1.54) is 0 Å². The van der Waals surface area contributed by atoms with Gasteiger partial charge in [-0.3, -0.25) is 0 Å². The first-order chi connectivity index (χ1) is 8.71. The summed E-state index contributed by atoms with van der Waals surface area (Å²) in [6.45, 7) is 4.98. The lowest BCUT2D eigenvalue weighted by molar-refractivity contribution is 0.00292. The molecule has 5 heteroatoms. The highest BCUT2D eigenvalue weighted by molar-refractivity contribution is 9.10. The van der Waals surface area contributed by atoms with E-state index in [0.29, 0.717) is 12.1 Å². The fraction of sp³-hybridized carbons (Fsp3) is 0.692. The third-order valence-corrected chi connectivity index (χ3v) is 3.47. The molecule has 1 aromatic heterocycles. The Labute approximate surface area is 117 Å². The molecule has 0 aromatic carbocycles. The number of aromatic nitrogens is 2. The molecule has 18 heavy (non-hydrogen) atoms. The molecule has 2 rings (SSSR count). The maximum atomic E-state index is 5.55. The van der Waals surface area contributed by atoms with Gasteiger partial charge in [0.15, 0.2) is 0 Å². The van der Waals surface area contributed by atoms with Gasteiger partial charge in [-0.15, -0.1) is 0 Å². The molecule has 0 unspecified atom stereocenters. The van der Waals surface area contributed by atoms with Gasteiger partial charge in [-0.2, -0.15) is 0 Å². The minimum Gasteiger partial charge on any atom is -0.378 e. The van der Waals surface area contributed by atoms with Gasteiger partial charge < -0.3 is 10.1 Å². The van der Waals surface area contributed by atoms with Crippen molar-refractivity contribution in [1.29, 1.82) is 0 Å². The summed E-state index contributed by atoms with van der Waals surface area (Å²) in [7, 11) is 0. The molecule has 1 saturated carbocycles. The van der Waals surface area contributed by atoms with E-state index < -0.39 is 0 Å². The largest absolute Gasteiger partial charge is 0.378 e. The molecule has 1 aliphatic carbocycles. The van der Waals surface area contributed by atoms with E-state index in [0.717, 1.165) is 48.5 Å². The first kappa shape index (κ1) is 13.7. The predicted octanol–water partition coefficient (Wildman–Crippen LogP) is 3.17. The summed E-state index contributed by atoms with van der Waals surface area (Å²) < 4.78 is 6.40. The third kappa shape index (κ3) is 3.65. The molecular formula is C13H20BrN3O. The number of anilines is 1. The number of rotatable bonds is 6. The summed E-state index contributed by atoms with van der Waals surface area (Å²) in [4.78, 5) is 8.88. The van der Waals surface area contributed by atoms with Crippen LogP contribution in [0, 0.1) is 0 Å². The molecule has 0 atom stereocenters. The van der Waals surface area contributed by atoms with Crippen molar-refractivity contribution >= 4 is 21.7 Å².